The highest BCUT2D eigenvalue weighted by Gasteiger charge is 2.31. The van der Waals surface area contributed by atoms with Gasteiger partial charge in [0.2, 0.25) is 0 Å². The van der Waals surface area contributed by atoms with Crippen molar-refractivity contribution < 1.29 is 9.90 Å². The van der Waals surface area contributed by atoms with Gasteiger partial charge in [-0.1, -0.05) is 23.7 Å². The minimum absolute atomic E-state index is 0.260. The lowest BCUT2D eigenvalue weighted by atomic mass is 10.0. The third-order valence-electron chi connectivity index (χ3n) is 2.78. The van der Waals surface area contributed by atoms with Crippen LogP contribution in [0.4, 0.5) is 10.5 Å². The molecule has 0 bridgehead atoms. The lowest BCUT2D eigenvalue weighted by Gasteiger charge is -2.21. The predicted molar refractivity (Wildman–Crippen MR) is 75.4 cm³/mol. The number of benzene rings is 1. The smallest absolute Gasteiger partial charge is 0.319 e. The fourth-order valence-corrected chi connectivity index (χ4v) is 3.19. The Labute approximate surface area is 115 Å². The number of amides is 2. The zero-order chi connectivity index (χ0) is 13.0. The van der Waals surface area contributed by atoms with Crippen molar-refractivity contribution in [3.63, 3.8) is 0 Å². The second-order valence-corrected chi connectivity index (χ2v) is 5.83. The Balaban J connectivity index is 1.84. The molecule has 1 saturated heterocycles. The standard InChI is InChI=1S/C12H15ClN2O2S/c13-9-3-1-2-4-10(9)15-11(16)14-7-12(17)5-6-18-8-12/h1-4,17H,5-8H2,(H2,14,15,16). The molecule has 0 spiro atoms. The van der Waals surface area contributed by atoms with E-state index in [1.54, 1.807) is 36.0 Å². The van der Waals surface area contributed by atoms with Crippen LogP contribution in [-0.2, 0) is 0 Å². The van der Waals surface area contributed by atoms with Gasteiger partial charge < -0.3 is 15.7 Å². The van der Waals surface area contributed by atoms with Crippen molar-refractivity contribution in [3.05, 3.63) is 29.3 Å². The lowest BCUT2D eigenvalue weighted by molar-refractivity contribution is 0.0706. The van der Waals surface area contributed by atoms with Gasteiger partial charge in [-0.3, -0.25) is 0 Å². The Kier molecular flexibility index (Phi) is 4.37. The quantitative estimate of drug-likeness (QED) is 0.799. The highest BCUT2D eigenvalue weighted by Crippen LogP contribution is 2.27. The number of thioether (sulfide) groups is 1. The Morgan fingerprint density at radius 1 is 1.50 bits per heavy atom. The molecule has 98 valence electrons. The first kappa shape index (κ1) is 13.5. The molecule has 0 radical (unpaired) electrons. The topological polar surface area (TPSA) is 61.4 Å². The Morgan fingerprint density at radius 2 is 2.28 bits per heavy atom. The molecule has 1 aliphatic rings. The van der Waals surface area contributed by atoms with Gasteiger partial charge in [0, 0.05) is 12.3 Å². The second-order valence-electron chi connectivity index (χ2n) is 4.31. The molecule has 1 aliphatic heterocycles. The number of halogens is 1. The SMILES string of the molecule is O=C(NCC1(O)CCSC1)Nc1ccccc1Cl. The Bertz CT molecular complexity index is 436. The molecule has 0 aromatic heterocycles. The van der Waals surface area contributed by atoms with Crippen LogP contribution in [0, 0.1) is 0 Å². The minimum Gasteiger partial charge on any atom is -0.387 e. The number of hydrogen-bond donors (Lipinski definition) is 3. The van der Waals surface area contributed by atoms with Crippen molar-refractivity contribution in [1.29, 1.82) is 0 Å². The van der Waals surface area contributed by atoms with Crippen LogP contribution < -0.4 is 10.6 Å². The van der Waals surface area contributed by atoms with Gasteiger partial charge in [-0.2, -0.15) is 11.8 Å². The number of urea groups is 1. The highest BCUT2D eigenvalue weighted by molar-refractivity contribution is 7.99. The van der Waals surface area contributed by atoms with Crippen LogP contribution >= 0.6 is 23.4 Å². The highest BCUT2D eigenvalue weighted by atomic mass is 35.5. The molecule has 4 nitrogen and oxygen atoms in total. The Morgan fingerprint density at radius 3 is 2.94 bits per heavy atom. The summed E-state index contributed by atoms with van der Waals surface area (Å²) in [6.45, 7) is 0.260. The van der Waals surface area contributed by atoms with Crippen LogP contribution in [0.5, 0.6) is 0 Å². The van der Waals surface area contributed by atoms with E-state index in [1.807, 2.05) is 0 Å². The number of rotatable bonds is 3. The van der Waals surface area contributed by atoms with E-state index in [1.165, 1.54) is 0 Å². The zero-order valence-corrected chi connectivity index (χ0v) is 11.4. The molecule has 1 fully saturated rings. The van der Waals surface area contributed by atoms with E-state index in [0.717, 1.165) is 5.75 Å². The van der Waals surface area contributed by atoms with E-state index in [4.69, 9.17) is 11.6 Å². The molecule has 1 unspecified atom stereocenters. The van der Waals surface area contributed by atoms with Crippen molar-refractivity contribution >= 4 is 35.1 Å². The molecule has 1 aromatic rings. The van der Waals surface area contributed by atoms with E-state index in [-0.39, 0.29) is 12.6 Å². The zero-order valence-electron chi connectivity index (χ0n) is 9.78. The van der Waals surface area contributed by atoms with Gasteiger partial charge in [0.1, 0.15) is 0 Å². The van der Waals surface area contributed by atoms with Crippen molar-refractivity contribution in [2.75, 3.05) is 23.4 Å². The van der Waals surface area contributed by atoms with Crippen molar-refractivity contribution in [1.82, 2.24) is 5.32 Å². The summed E-state index contributed by atoms with van der Waals surface area (Å²) >= 11 is 7.62. The van der Waals surface area contributed by atoms with Gasteiger partial charge in [-0.15, -0.1) is 0 Å². The lowest BCUT2D eigenvalue weighted by Crippen LogP contribution is -2.44. The summed E-state index contributed by atoms with van der Waals surface area (Å²) in [6, 6.07) is 6.67. The normalized spacial score (nSPS) is 22.8. The minimum atomic E-state index is -0.775. The number of aliphatic hydroxyl groups is 1. The maximum atomic E-state index is 11.7. The molecule has 0 aliphatic carbocycles. The molecule has 2 amide bonds. The maximum absolute atomic E-state index is 11.7. The van der Waals surface area contributed by atoms with Crippen LogP contribution in [0.3, 0.4) is 0 Å². The van der Waals surface area contributed by atoms with Gasteiger partial charge in [0.05, 0.1) is 16.3 Å². The number of carbonyl (C=O) groups is 1. The second kappa shape index (κ2) is 5.82. The van der Waals surface area contributed by atoms with E-state index in [9.17, 15) is 9.90 Å². The van der Waals surface area contributed by atoms with Gasteiger partial charge in [-0.05, 0) is 24.3 Å². The molecule has 0 saturated carbocycles. The first-order valence-electron chi connectivity index (χ1n) is 5.69. The molecule has 18 heavy (non-hydrogen) atoms. The Hall–Kier alpha value is -0.910. The fourth-order valence-electron chi connectivity index (χ4n) is 1.71. The third kappa shape index (κ3) is 3.54. The first-order chi connectivity index (χ1) is 8.59. The van der Waals surface area contributed by atoms with Gasteiger partial charge in [0.15, 0.2) is 0 Å². The predicted octanol–water partition coefficient (Wildman–Crippen LogP) is 2.33. The summed E-state index contributed by atoms with van der Waals surface area (Å²) < 4.78 is 0. The van der Waals surface area contributed by atoms with Crippen LogP contribution in [0.25, 0.3) is 0 Å². The average Bonchev–Trinajstić information content (AvgIpc) is 2.77. The molecule has 3 N–H and O–H groups in total. The molecule has 1 heterocycles. The number of hydrogen-bond acceptors (Lipinski definition) is 3. The van der Waals surface area contributed by atoms with Crippen LogP contribution in [0.1, 0.15) is 6.42 Å². The number of anilines is 1. The first-order valence-corrected chi connectivity index (χ1v) is 7.22. The summed E-state index contributed by atoms with van der Waals surface area (Å²) in [5.74, 6) is 1.60. The number of carbonyl (C=O) groups excluding carboxylic acids is 1. The van der Waals surface area contributed by atoms with Crippen LogP contribution in [-0.4, -0.2) is 34.8 Å². The summed E-state index contributed by atoms with van der Waals surface area (Å²) in [6.07, 6.45) is 0.712. The van der Waals surface area contributed by atoms with Crippen molar-refractivity contribution in [2.45, 2.75) is 12.0 Å². The third-order valence-corrected chi connectivity index (χ3v) is 4.35. The molecule has 2 rings (SSSR count). The molecule has 6 heteroatoms. The van der Waals surface area contributed by atoms with Crippen LogP contribution in [0.2, 0.25) is 5.02 Å². The van der Waals surface area contributed by atoms with Gasteiger partial charge in [-0.25, -0.2) is 4.79 Å². The van der Waals surface area contributed by atoms with E-state index in [2.05, 4.69) is 10.6 Å². The molecule has 1 atom stereocenters. The van der Waals surface area contributed by atoms with E-state index < -0.39 is 5.60 Å². The maximum Gasteiger partial charge on any atom is 0.319 e. The summed E-state index contributed by atoms with van der Waals surface area (Å²) in [7, 11) is 0. The van der Waals surface area contributed by atoms with Crippen molar-refractivity contribution in [3.8, 4) is 0 Å². The number of para-hydroxylation sites is 1. The molecule has 1 aromatic carbocycles. The van der Waals surface area contributed by atoms with Gasteiger partial charge in [0.25, 0.3) is 0 Å². The van der Waals surface area contributed by atoms with E-state index >= 15 is 0 Å². The van der Waals surface area contributed by atoms with Crippen LogP contribution in [0.15, 0.2) is 24.3 Å². The molecular weight excluding hydrogens is 272 g/mol. The summed E-state index contributed by atoms with van der Waals surface area (Å²) in [5, 5.41) is 15.9. The van der Waals surface area contributed by atoms with Gasteiger partial charge >= 0.3 is 6.03 Å². The van der Waals surface area contributed by atoms with Crippen molar-refractivity contribution in [2.24, 2.45) is 0 Å². The van der Waals surface area contributed by atoms with E-state index in [0.29, 0.717) is 22.9 Å². The largest absolute Gasteiger partial charge is 0.387 e. The summed E-state index contributed by atoms with van der Waals surface area (Å²) in [4.78, 5) is 11.7. The molecular formula is C12H15ClN2O2S. The average molecular weight is 287 g/mol. The number of nitrogens with one attached hydrogen (secondary N) is 2. The summed E-state index contributed by atoms with van der Waals surface area (Å²) in [5.41, 5.74) is -0.216. The monoisotopic (exact) mass is 286 g/mol. The fraction of sp³-hybridized carbons (Fsp3) is 0.417.